The summed E-state index contributed by atoms with van der Waals surface area (Å²) in [4.78, 5) is 8.49. The number of aliphatic hydroxyl groups is 1. The van der Waals surface area contributed by atoms with E-state index in [2.05, 4.69) is 36.5 Å². The largest absolute Gasteiger partial charge is 0.396 e. The lowest BCUT2D eigenvalue weighted by molar-refractivity contribution is 0.283. The number of nitrogens with zero attached hydrogens (tertiary/aromatic N) is 2. The Bertz CT molecular complexity index is 335. The van der Waals surface area contributed by atoms with Crippen molar-refractivity contribution in [3.63, 3.8) is 0 Å². The van der Waals surface area contributed by atoms with E-state index in [1.807, 2.05) is 6.92 Å². The van der Waals surface area contributed by atoms with Crippen LogP contribution in [0.2, 0.25) is 0 Å². The van der Waals surface area contributed by atoms with E-state index in [9.17, 15) is 0 Å². The predicted molar refractivity (Wildman–Crippen MR) is 73.3 cm³/mol. The van der Waals surface area contributed by atoms with Crippen LogP contribution in [0.1, 0.15) is 26.2 Å². The Kier molecular flexibility index (Phi) is 6.88. The zero-order valence-corrected chi connectivity index (χ0v) is 11.6. The molecule has 0 saturated heterocycles. The number of nitrogens with one attached hydrogen (secondary N) is 2. The molecule has 0 amide bonds. The number of hydrogen-bond acceptors (Lipinski definition) is 5. The minimum atomic E-state index is 0.266. The van der Waals surface area contributed by atoms with Crippen molar-refractivity contribution in [2.75, 3.05) is 30.3 Å². The highest BCUT2D eigenvalue weighted by Gasteiger charge is 2.03. The van der Waals surface area contributed by atoms with E-state index in [1.165, 1.54) is 0 Å². The van der Waals surface area contributed by atoms with Gasteiger partial charge in [0.1, 0.15) is 5.82 Å². The van der Waals surface area contributed by atoms with Crippen LogP contribution in [0.3, 0.4) is 0 Å². The highest BCUT2D eigenvalue weighted by atomic mass is 79.9. The number of rotatable bonds is 8. The van der Waals surface area contributed by atoms with Gasteiger partial charge in [-0.2, -0.15) is 4.98 Å². The van der Waals surface area contributed by atoms with Gasteiger partial charge in [0, 0.05) is 25.9 Å². The molecule has 0 radical (unpaired) electrons. The van der Waals surface area contributed by atoms with Crippen LogP contribution in [0.25, 0.3) is 0 Å². The summed E-state index contributed by atoms with van der Waals surface area (Å²) in [5, 5.41) is 15.0. The first kappa shape index (κ1) is 14.2. The van der Waals surface area contributed by atoms with E-state index in [0.29, 0.717) is 5.95 Å². The minimum absolute atomic E-state index is 0.266. The van der Waals surface area contributed by atoms with Crippen LogP contribution in [0, 0.1) is 0 Å². The van der Waals surface area contributed by atoms with E-state index in [-0.39, 0.29) is 6.61 Å². The quantitative estimate of drug-likeness (QED) is 0.643. The Morgan fingerprint density at radius 1 is 1.29 bits per heavy atom. The standard InChI is InChI=1S/C11H19BrN4O/c1-2-13-11-15-8-9(12)10(16-11)14-6-4-3-5-7-17/h8,17H,2-7H2,1H3,(H2,13,14,15,16). The summed E-state index contributed by atoms with van der Waals surface area (Å²) in [6, 6.07) is 0. The molecule has 0 aromatic carbocycles. The number of unbranched alkanes of at least 4 members (excludes halogenated alkanes) is 2. The summed E-state index contributed by atoms with van der Waals surface area (Å²) in [5.41, 5.74) is 0. The van der Waals surface area contributed by atoms with Crippen molar-refractivity contribution in [1.82, 2.24) is 9.97 Å². The molecule has 0 aliphatic heterocycles. The average Bonchev–Trinajstić information content (AvgIpc) is 2.33. The van der Waals surface area contributed by atoms with E-state index >= 15 is 0 Å². The van der Waals surface area contributed by atoms with Crippen LogP contribution < -0.4 is 10.6 Å². The number of halogens is 1. The normalized spacial score (nSPS) is 10.3. The Morgan fingerprint density at radius 3 is 2.82 bits per heavy atom. The molecular weight excluding hydrogens is 284 g/mol. The zero-order chi connectivity index (χ0) is 12.5. The third kappa shape index (κ3) is 5.32. The van der Waals surface area contributed by atoms with E-state index in [0.717, 1.165) is 42.6 Å². The highest BCUT2D eigenvalue weighted by Crippen LogP contribution is 2.20. The molecule has 1 aromatic heterocycles. The Balaban J connectivity index is 2.42. The second kappa shape index (κ2) is 8.25. The van der Waals surface area contributed by atoms with Gasteiger partial charge in [0.25, 0.3) is 0 Å². The third-order valence-electron chi connectivity index (χ3n) is 2.21. The van der Waals surface area contributed by atoms with Crippen molar-refractivity contribution in [3.8, 4) is 0 Å². The van der Waals surface area contributed by atoms with Gasteiger partial charge < -0.3 is 15.7 Å². The van der Waals surface area contributed by atoms with Crippen molar-refractivity contribution < 1.29 is 5.11 Å². The van der Waals surface area contributed by atoms with E-state index in [4.69, 9.17) is 5.11 Å². The van der Waals surface area contributed by atoms with Crippen LogP contribution in [-0.4, -0.2) is 34.8 Å². The van der Waals surface area contributed by atoms with E-state index < -0.39 is 0 Å². The predicted octanol–water partition coefficient (Wildman–Crippen LogP) is 2.25. The molecule has 0 bridgehead atoms. The number of aromatic nitrogens is 2. The lowest BCUT2D eigenvalue weighted by Crippen LogP contribution is -2.08. The summed E-state index contributed by atoms with van der Waals surface area (Å²) in [5.74, 6) is 1.44. The smallest absolute Gasteiger partial charge is 0.224 e. The topological polar surface area (TPSA) is 70.1 Å². The van der Waals surface area contributed by atoms with Gasteiger partial charge >= 0.3 is 0 Å². The van der Waals surface area contributed by atoms with Crippen molar-refractivity contribution in [3.05, 3.63) is 10.7 Å². The van der Waals surface area contributed by atoms with Crippen molar-refractivity contribution in [1.29, 1.82) is 0 Å². The molecule has 0 saturated carbocycles. The first-order chi connectivity index (χ1) is 8.27. The molecule has 0 unspecified atom stereocenters. The first-order valence-electron chi connectivity index (χ1n) is 5.89. The average molecular weight is 303 g/mol. The Morgan fingerprint density at radius 2 is 2.12 bits per heavy atom. The molecule has 5 nitrogen and oxygen atoms in total. The van der Waals surface area contributed by atoms with Gasteiger partial charge in [0.2, 0.25) is 5.95 Å². The molecule has 0 aliphatic rings. The van der Waals surface area contributed by atoms with Crippen LogP contribution in [0.15, 0.2) is 10.7 Å². The van der Waals surface area contributed by atoms with Crippen LogP contribution in [0.5, 0.6) is 0 Å². The highest BCUT2D eigenvalue weighted by molar-refractivity contribution is 9.10. The van der Waals surface area contributed by atoms with Crippen molar-refractivity contribution in [2.24, 2.45) is 0 Å². The van der Waals surface area contributed by atoms with E-state index in [1.54, 1.807) is 6.20 Å². The summed E-state index contributed by atoms with van der Waals surface area (Å²) >= 11 is 3.41. The first-order valence-corrected chi connectivity index (χ1v) is 6.68. The van der Waals surface area contributed by atoms with Crippen molar-refractivity contribution in [2.45, 2.75) is 26.2 Å². The third-order valence-corrected chi connectivity index (χ3v) is 2.79. The summed E-state index contributed by atoms with van der Waals surface area (Å²) in [7, 11) is 0. The zero-order valence-electron chi connectivity index (χ0n) is 10.0. The molecule has 0 spiro atoms. The number of anilines is 2. The van der Waals surface area contributed by atoms with Gasteiger partial charge in [0.05, 0.1) is 4.47 Å². The SMILES string of the molecule is CCNc1ncc(Br)c(NCCCCCO)n1. The Hall–Kier alpha value is -0.880. The van der Waals surface area contributed by atoms with Gasteiger partial charge in [0.15, 0.2) is 0 Å². The molecule has 0 fully saturated rings. The van der Waals surface area contributed by atoms with Gasteiger partial charge in [-0.3, -0.25) is 0 Å². The maximum absolute atomic E-state index is 8.67. The molecule has 0 atom stereocenters. The van der Waals surface area contributed by atoms with Crippen LogP contribution in [0.4, 0.5) is 11.8 Å². The fourth-order valence-corrected chi connectivity index (χ4v) is 1.69. The molecule has 1 rings (SSSR count). The maximum Gasteiger partial charge on any atom is 0.224 e. The monoisotopic (exact) mass is 302 g/mol. The molecule has 1 aromatic rings. The summed E-state index contributed by atoms with van der Waals surface area (Å²) in [6.45, 7) is 3.92. The van der Waals surface area contributed by atoms with Gasteiger partial charge in [-0.1, -0.05) is 0 Å². The number of aliphatic hydroxyl groups excluding tert-OH is 1. The Labute approximate surface area is 110 Å². The summed E-state index contributed by atoms with van der Waals surface area (Å²) in [6.07, 6.45) is 4.64. The molecule has 3 N–H and O–H groups in total. The molecule has 17 heavy (non-hydrogen) atoms. The lowest BCUT2D eigenvalue weighted by atomic mass is 10.2. The van der Waals surface area contributed by atoms with Crippen molar-refractivity contribution >= 4 is 27.7 Å². The maximum atomic E-state index is 8.67. The second-order valence-corrected chi connectivity index (χ2v) is 4.49. The number of hydrogen-bond donors (Lipinski definition) is 3. The minimum Gasteiger partial charge on any atom is -0.396 e. The molecule has 1 heterocycles. The molecule has 0 aliphatic carbocycles. The molecule has 6 heteroatoms. The van der Waals surface area contributed by atoms with Crippen LogP contribution in [-0.2, 0) is 0 Å². The second-order valence-electron chi connectivity index (χ2n) is 3.63. The fourth-order valence-electron chi connectivity index (χ4n) is 1.35. The summed E-state index contributed by atoms with van der Waals surface area (Å²) < 4.78 is 0.862. The van der Waals surface area contributed by atoms with Gasteiger partial charge in [-0.15, -0.1) is 0 Å². The van der Waals surface area contributed by atoms with Gasteiger partial charge in [-0.05, 0) is 42.1 Å². The fraction of sp³-hybridized carbons (Fsp3) is 0.636. The van der Waals surface area contributed by atoms with Crippen LogP contribution >= 0.6 is 15.9 Å². The van der Waals surface area contributed by atoms with Gasteiger partial charge in [-0.25, -0.2) is 4.98 Å². The lowest BCUT2D eigenvalue weighted by Gasteiger charge is -2.09. The molecular formula is C11H19BrN4O. The molecule has 96 valence electrons.